The van der Waals surface area contributed by atoms with Gasteiger partial charge in [0.25, 0.3) is 5.56 Å². The largest absolute Gasteiger partial charge is 0.361 e. The smallest absolute Gasteiger partial charge is 0.261 e. The third-order valence-corrected chi connectivity index (χ3v) is 6.04. The van der Waals surface area contributed by atoms with E-state index in [1.807, 2.05) is 24.3 Å². The summed E-state index contributed by atoms with van der Waals surface area (Å²) < 4.78 is 1.74. The zero-order valence-electron chi connectivity index (χ0n) is 15.8. The molecule has 5 nitrogen and oxygen atoms in total. The summed E-state index contributed by atoms with van der Waals surface area (Å²) in [6.45, 7) is 3.72. The Morgan fingerprint density at radius 2 is 1.71 bits per heavy atom. The Morgan fingerprint density at radius 1 is 0.964 bits per heavy atom. The molecular weight excluding hydrogens is 348 g/mol. The monoisotopic (exact) mass is 372 g/mol. The van der Waals surface area contributed by atoms with E-state index in [1.165, 1.54) is 16.5 Å². The maximum absolute atomic E-state index is 12.6. The number of hydrogen-bond acceptors (Lipinski definition) is 3. The van der Waals surface area contributed by atoms with E-state index in [4.69, 9.17) is 0 Å². The number of hydrogen-bond donors (Lipinski definition) is 1. The van der Waals surface area contributed by atoms with Crippen molar-refractivity contribution in [1.82, 2.24) is 19.4 Å². The lowest BCUT2D eigenvalue weighted by atomic mass is 9.89. The predicted octanol–water partition coefficient (Wildman–Crippen LogP) is 3.76. The fraction of sp³-hybridized carbons (Fsp3) is 0.304. The predicted molar refractivity (Wildman–Crippen MR) is 113 cm³/mol. The number of nitrogens with zero attached hydrogens (tertiary/aromatic N) is 3. The molecule has 1 aliphatic heterocycles. The topological polar surface area (TPSA) is 53.9 Å². The average molecular weight is 372 g/mol. The van der Waals surface area contributed by atoms with Gasteiger partial charge in [0, 0.05) is 30.2 Å². The van der Waals surface area contributed by atoms with Gasteiger partial charge < -0.3 is 9.88 Å². The van der Waals surface area contributed by atoms with Gasteiger partial charge in [-0.15, -0.1) is 0 Å². The van der Waals surface area contributed by atoms with E-state index in [0.717, 1.165) is 38.0 Å². The van der Waals surface area contributed by atoms with Gasteiger partial charge in [0.15, 0.2) is 0 Å². The lowest BCUT2D eigenvalue weighted by molar-refractivity contribution is 0.205. The molecule has 1 N–H and O–H groups in total. The molecule has 1 aliphatic rings. The Morgan fingerprint density at radius 3 is 2.57 bits per heavy atom. The van der Waals surface area contributed by atoms with Gasteiger partial charge in [0.2, 0.25) is 0 Å². The first-order valence-corrected chi connectivity index (χ1v) is 10.0. The second-order valence-corrected chi connectivity index (χ2v) is 7.67. The zero-order chi connectivity index (χ0) is 18.9. The highest BCUT2D eigenvalue weighted by molar-refractivity contribution is 5.83. The van der Waals surface area contributed by atoms with Crippen LogP contribution in [-0.4, -0.2) is 39.1 Å². The fourth-order valence-corrected chi connectivity index (χ4v) is 4.41. The second-order valence-electron chi connectivity index (χ2n) is 7.67. The van der Waals surface area contributed by atoms with Crippen LogP contribution in [0.1, 0.15) is 24.3 Å². The second kappa shape index (κ2) is 7.24. The molecule has 0 atom stereocenters. The number of rotatable bonds is 4. The van der Waals surface area contributed by atoms with Gasteiger partial charge in [-0.25, -0.2) is 4.98 Å². The summed E-state index contributed by atoms with van der Waals surface area (Å²) in [5.41, 5.74) is 3.50. The molecule has 0 amide bonds. The molecule has 3 heterocycles. The highest BCUT2D eigenvalue weighted by Gasteiger charge is 2.22. The van der Waals surface area contributed by atoms with Gasteiger partial charge >= 0.3 is 0 Å². The van der Waals surface area contributed by atoms with Crippen LogP contribution in [0.15, 0.2) is 65.8 Å². The molecule has 5 heteroatoms. The molecule has 1 fully saturated rings. The molecule has 4 aromatic rings. The van der Waals surface area contributed by atoms with Crippen molar-refractivity contribution in [2.24, 2.45) is 0 Å². The molecule has 0 unspecified atom stereocenters. The van der Waals surface area contributed by atoms with Crippen LogP contribution >= 0.6 is 0 Å². The lowest BCUT2D eigenvalue weighted by Crippen LogP contribution is -2.36. The van der Waals surface area contributed by atoms with Crippen molar-refractivity contribution in [2.45, 2.75) is 25.3 Å². The van der Waals surface area contributed by atoms with Crippen LogP contribution < -0.4 is 5.56 Å². The Balaban J connectivity index is 1.23. The molecule has 2 aromatic carbocycles. The van der Waals surface area contributed by atoms with Gasteiger partial charge in [-0.05, 0) is 55.6 Å². The number of H-pyrrole nitrogens is 1. The van der Waals surface area contributed by atoms with Crippen LogP contribution in [0.25, 0.3) is 21.8 Å². The molecule has 0 radical (unpaired) electrons. The lowest BCUT2D eigenvalue weighted by Gasteiger charge is -2.32. The summed E-state index contributed by atoms with van der Waals surface area (Å²) in [4.78, 5) is 22.9. The van der Waals surface area contributed by atoms with Crippen LogP contribution in [0.5, 0.6) is 0 Å². The molecule has 0 aliphatic carbocycles. The van der Waals surface area contributed by atoms with Gasteiger partial charge in [0.05, 0.1) is 17.2 Å². The summed E-state index contributed by atoms with van der Waals surface area (Å²) in [6, 6.07) is 16.1. The number of likely N-dealkylation sites (tertiary alicyclic amines) is 1. The molecule has 28 heavy (non-hydrogen) atoms. The van der Waals surface area contributed by atoms with E-state index in [9.17, 15) is 4.79 Å². The van der Waals surface area contributed by atoms with Crippen molar-refractivity contribution in [1.29, 1.82) is 0 Å². The molecule has 142 valence electrons. The summed E-state index contributed by atoms with van der Waals surface area (Å²) in [5.74, 6) is 0.609. The van der Waals surface area contributed by atoms with Crippen LogP contribution in [-0.2, 0) is 6.54 Å². The van der Waals surface area contributed by atoms with E-state index in [1.54, 1.807) is 10.9 Å². The summed E-state index contributed by atoms with van der Waals surface area (Å²) in [5, 5.41) is 2.05. The molecule has 0 bridgehead atoms. The van der Waals surface area contributed by atoms with Crippen molar-refractivity contribution in [3.63, 3.8) is 0 Å². The summed E-state index contributed by atoms with van der Waals surface area (Å²) in [7, 11) is 0. The Hall–Kier alpha value is -2.92. The number of nitrogens with one attached hydrogen (secondary N) is 1. The van der Waals surface area contributed by atoms with E-state index in [0.29, 0.717) is 17.8 Å². The van der Waals surface area contributed by atoms with Crippen LogP contribution in [0.4, 0.5) is 0 Å². The quantitative estimate of drug-likeness (QED) is 0.593. The first kappa shape index (κ1) is 17.2. The molecule has 5 rings (SSSR count). The maximum atomic E-state index is 12.6. The number of para-hydroxylation sites is 2. The Kier molecular flexibility index (Phi) is 4.45. The van der Waals surface area contributed by atoms with Crippen molar-refractivity contribution >= 4 is 21.8 Å². The summed E-state index contributed by atoms with van der Waals surface area (Å²) >= 11 is 0. The van der Waals surface area contributed by atoms with Gasteiger partial charge in [-0.1, -0.05) is 30.3 Å². The zero-order valence-corrected chi connectivity index (χ0v) is 15.8. The van der Waals surface area contributed by atoms with Crippen molar-refractivity contribution in [2.75, 3.05) is 19.6 Å². The van der Waals surface area contributed by atoms with Crippen LogP contribution in [0, 0.1) is 0 Å². The number of piperidine rings is 1. The molecule has 0 spiro atoms. The number of benzene rings is 2. The normalized spacial score (nSPS) is 16.1. The Labute approximate surface area is 163 Å². The van der Waals surface area contributed by atoms with Gasteiger partial charge in [-0.2, -0.15) is 0 Å². The van der Waals surface area contributed by atoms with Crippen molar-refractivity contribution in [3.8, 4) is 0 Å². The van der Waals surface area contributed by atoms with Crippen molar-refractivity contribution in [3.05, 3.63) is 77.0 Å². The van der Waals surface area contributed by atoms with Crippen LogP contribution in [0.2, 0.25) is 0 Å². The fourth-order valence-electron chi connectivity index (χ4n) is 4.41. The summed E-state index contributed by atoms with van der Waals surface area (Å²) in [6.07, 6.45) is 6.19. The van der Waals surface area contributed by atoms with Crippen LogP contribution in [0.3, 0.4) is 0 Å². The highest BCUT2D eigenvalue weighted by Crippen LogP contribution is 2.32. The van der Waals surface area contributed by atoms with Crippen molar-refractivity contribution < 1.29 is 0 Å². The SMILES string of the molecule is O=c1c2ccccc2ncn1CCN1CCC(c2c[nH]c3ccccc23)CC1. The standard InChI is InChI=1S/C23H24N4O/c28-23-19-6-2-4-8-22(19)25-16-27(23)14-13-26-11-9-17(10-12-26)20-15-24-21-7-3-1-5-18(20)21/h1-8,15-17,24H,9-14H2. The minimum Gasteiger partial charge on any atom is -0.361 e. The third kappa shape index (κ3) is 3.12. The average Bonchev–Trinajstić information content (AvgIpc) is 3.18. The van der Waals surface area contributed by atoms with E-state index in [2.05, 4.69) is 45.3 Å². The van der Waals surface area contributed by atoms with Gasteiger partial charge in [-0.3, -0.25) is 9.36 Å². The molecular formula is C23H24N4O. The van der Waals surface area contributed by atoms with E-state index in [-0.39, 0.29) is 5.56 Å². The van der Waals surface area contributed by atoms with Gasteiger partial charge in [0.1, 0.15) is 0 Å². The minimum atomic E-state index is 0.0549. The molecule has 0 saturated carbocycles. The first-order chi connectivity index (χ1) is 13.8. The Bertz CT molecular complexity index is 1170. The van der Waals surface area contributed by atoms with E-state index >= 15 is 0 Å². The number of aromatic amines is 1. The molecule has 1 saturated heterocycles. The minimum absolute atomic E-state index is 0.0549. The third-order valence-electron chi connectivity index (χ3n) is 6.04. The maximum Gasteiger partial charge on any atom is 0.261 e. The number of aromatic nitrogens is 3. The molecule has 2 aromatic heterocycles. The highest BCUT2D eigenvalue weighted by atomic mass is 16.1. The first-order valence-electron chi connectivity index (χ1n) is 10.0. The number of fused-ring (bicyclic) bond motifs is 2. The van der Waals surface area contributed by atoms with E-state index < -0.39 is 0 Å².